The van der Waals surface area contributed by atoms with E-state index in [1.807, 2.05) is 11.8 Å². The third-order valence-corrected chi connectivity index (χ3v) is 6.27. The van der Waals surface area contributed by atoms with Gasteiger partial charge < -0.3 is 0 Å². The summed E-state index contributed by atoms with van der Waals surface area (Å²) in [4.78, 5) is 0. The molecule has 4 saturated carbocycles. The van der Waals surface area contributed by atoms with Crippen molar-refractivity contribution in [3.05, 3.63) is 0 Å². The Balaban J connectivity index is 1.47. The molecule has 0 radical (unpaired) electrons. The molecular formula is C18H28S. The molecule has 4 bridgehead atoms. The van der Waals surface area contributed by atoms with E-state index in [1.54, 1.807) is 0 Å². The number of hydrogen-bond donors (Lipinski definition) is 0. The lowest BCUT2D eigenvalue weighted by molar-refractivity contribution is -0.0180. The van der Waals surface area contributed by atoms with Gasteiger partial charge in [-0.15, -0.1) is 0 Å². The van der Waals surface area contributed by atoms with Crippen molar-refractivity contribution in [1.29, 1.82) is 0 Å². The van der Waals surface area contributed by atoms with Gasteiger partial charge in [-0.1, -0.05) is 43.9 Å². The third-order valence-electron chi connectivity index (χ3n) is 5.53. The second kappa shape index (κ2) is 6.13. The van der Waals surface area contributed by atoms with E-state index in [1.165, 1.54) is 70.0 Å². The van der Waals surface area contributed by atoms with Gasteiger partial charge in [-0.05, 0) is 68.0 Å². The van der Waals surface area contributed by atoms with Crippen LogP contribution in [0.5, 0.6) is 0 Å². The van der Waals surface area contributed by atoms with Crippen LogP contribution in [0.4, 0.5) is 0 Å². The van der Waals surface area contributed by atoms with Crippen molar-refractivity contribution in [3.63, 3.8) is 0 Å². The van der Waals surface area contributed by atoms with Crippen molar-refractivity contribution in [2.75, 3.05) is 5.75 Å². The van der Waals surface area contributed by atoms with Crippen molar-refractivity contribution in [1.82, 2.24) is 0 Å². The molecule has 4 aliphatic rings. The lowest BCUT2D eigenvalue weighted by Crippen LogP contribution is -2.45. The second-order valence-corrected chi connectivity index (χ2v) is 8.24. The number of unbranched alkanes of at least 4 members (excludes halogenated alkanes) is 3. The van der Waals surface area contributed by atoms with Gasteiger partial charge in [0.15, 0.2) is 0 Å². The SMILES string of the molecule is CCCCCCSC#CC12CC3CC(CC(C3)C1)C2. The fourth-order valence-corrected chi connectivity index (χ4v) is 5.80. The van der Waals surface area contributed by atoms with Gasteiger partial charge in [-0.2, -0.15) is 0 Å². The molecule has 0 heterocycles. The molecule has 4 aliphatic carbocycles. The van der Waals surface area contributed by atoms with E-state index < -0.39 is 0 Å². The van der Waals surface area contributed by atoms with E-state index in [2.05, 4.69) is 18.1 Å². The van der Waals surface area contributed by atoms with Crippen molar-refractivity contribution in [2.45, 2.75) is 71.1 Å². The zero-order valence-corrected chi connectivity index (χ0v) is 13.2. The smallest absolute Gasteiger partial charge is 0.0331 e. The van der Waals surface area contributed by atoms with E-state index in [-0.39, 0.29) is 0 Å². The first-order valence-electron chi connectivity index (χ1n) is 8.43. The first-order chi connectivity index (χ1) is 9.30. The molecule has 106 valence electrons. The Bertz CT molecular complexity index is 324. The molecule has 0 aromatic heterocycles. The molecule has 0 saturated heterocycles. The summed E-state index contributed by atoms with van der Waals surface area (Å²) < 4.78 is 0. The molecule has 0 spiro atoms. The molecule has 0 aliphatic heterocycles. The van der Waals surface area contributed by atoms with E-state index in [0.29, 0.717) is 5.41 Å². The van der Waals surface area contributed by atoms with Crippen LogP contribution in [0, 0.1) is 34.3 Å². The van der Waals surface area contributed by atoms with Crippen LogP contribution in [-0.4, -0.2) is 5.75 Å². The summed E-state index contributed by atoms with van der Waals surface area (Å²) in [5, 5.41) is 3.49. The van der Waals surface area contributed by atoms with E-state index >= 15 is 0 Å². The third kappa shape index (κ3) is 3.33. The topological polar surface area (TPSA) is 0 Å². The van der Waals surface area contributed by atoms with Crippen LogP contribution in [-0.2, 0) is 0 Å². The van der Waals surface area contributed by atoms with Gasteiger partial charge in [0.1, 0.15) is 0 Å². The Morgan fingerprint density at radius 3 is 2.16 bits per heavy atom. The van der Waals surface area contributed by atoms with Crippen LogP contribution in [0.2, 0.25) is 0 Å². The summed E-state index contributed by atoms with van der Waals surface area (Å²) >= 11 is 1.89. The van der Waals surface area contributed by atoms with Crippen molar-refractivity contribution in [3.8, 4) is 11.2 Å². The summed E-state index contributed by atoms with van der Waals surface area (Å²) in [6, 6.07) is 0. The molecule has 1 heteroatoms. The molecule has 4 rings (SSSR count). The van der Waals surface area contributed by atoms with Crippen LogP contribution >= 0.6 is 11.8 Å². The van der Waals surface area contributed by atoms with Crippen LogP contribution in [0.3, 0.4) is 0 Å². The molecule has 0 aromatic rings. The summed E-state index contributed by atoms with van der Waals surface area (Å²) in [5.74, 6) is 8.09. The minimum absolute atomic E-state index is 0.463. The highest BCUT2D eigenvalue weighted by molar-refractivity contribution is 8.03. The molecule has 0 N–H and O–H groups in total. The molecule has 0 nitrogen and oxygen atoms in total. The zero-order valence-electron chi connectivity index (χ0n) is 12.4. The number of rotatable bonds is 5. The first-order valence-corrected chi connectivity index (χ1v) is 9.42. The van der Waals surface area contributed by atoms with Crippen LogP contribution in [0.25, 0.3) is 0 Å². The first kappa shape index (κ1) is 13.9. The van der Waals surface area contributed by atoms with Crippen molar-refractivity contribution >= 4 is 11.8 Å². The molecule has 0 aromatic carbocycles. The van der Waals surface area contributed by atoms with Crippen LogP contribution < -0.4 is 0 Å². The quantitative estimate of drug-likeness (QED) is 0.473. The van der Waals surface area contributed by atoms with Gasteiger partial charge in [0, 0.05) is 11.2 Å². The predicted octanol–water partition coefficient (Wildman–Crippen LogP) is 5.48. The Labute approximate surface area is 123 Å². The van der Waals surface area contributed by atoms with Crippen LogP contribution in [0.1, 0.15) is 71.1 Å². The van der Waals surface area contributed by atoms with Gasteiger partial charge in [0.05, 0.1) is 0 Å². The average molecular weight is 276 g/mol. The monoisotopic (exact) mass is 276 g/mol. The maximum atomic E-state index is 3.73. The molecule has 4 fully saturated rings. The highest BCUT2D eigenvalue weighted by Gasteiger charge is 2.50. The Morgan fingerprint density at radius 1 is 0.947 bits per heavy atom. The Morgan fingerprint density at radius 2 is 1.58 bits per heavy atom. The minimum Gasteiger partial charge on any atom is -0.0844 e. The van der Waals surface area contributed by atoms with Gasteiger partial charge in [-0.25, -0.2) is 0 Å². The number of hydrogen-bond acceptors (Lipinski definition) is 1. The molecule has 0 atom stereocenters. The maximum Gasteiger partial charge on any atom is 0.0331 e. The molecule has 0 amide bonds. The molecular weight excluding hydrogens is 248 g/mol. The second-order valence-electron chi connectivity index (χ2n) is 7.33. The summed E-state index contributed by atoms with van der Waals surface area (Å²) in [6.07, 6.45) is 14.4. The van der Waals surface area contributed by atoms with Gasteiger partial charge in [0.25, 0.3) is 0 Å². The average Bonchev–Trinajstić information content (AvgIpc) is 2.36. The fraction of sp³-hybridized carbons (Fsp3) is 0.889. The minimum atomic E-state index is 0.463. The van der Waals surface area contributed by atoms with Crippen molar-refractivity contribution in [2.24, 2.45) is 23.2 Å². The van der Waals surface area contributed by atoms with Gasteiger partial charge in [-0.3, -0.25) is 0 Å². The largest absolute Gasteiger partial charge is 0.0844 e. The van der Waals surface area contributed by atoms with Gasteiger partial charge in [0.2, 0.25) is 0 Å². The van der Waals surface area contributed by atoms with E-state index in [9.17, 15) is 0 Å². The Kier molecular flexibility index (Phi) is 4.47. The summed E-state index contributed by atoms with van der Waals surface area (Å²) in [6.45, 7) is 2.28. The van der Waals surface area contributed by atoms with Crippen molar-refractivity contribution < 1.29 is 0 Å². The summed E-state index contributed by atoms with van der Waals surface area (Å²) in [5.41, 5.74) is 0.463. The molecule has 0 unspecified atom stereocenters. The standard InChI is InChI=1S/C18H28S/c1-2-3-4-5-7-19-8-6-18-12-15-9-16(13-18)11-17(10-15)14-18/h15-17H,2-5,7,9-14H2,1H3. The highest BCUT2D eigenvalue weighted by atomic mass is 32.2. The normalized spacial score (nSPS) is 39.1. The maximum absolute atomic E-state index is 3.73. The van der Waals surface area contributed by atoms with E-state index in [0.717, 1.165) is 17.8 Å². The lowest BCUT2D eigenvalue weighted by atomic mass is 9.50. The fourth-order valence-electron chi connectivity index (χ4n) is 5.06. The lowest BCUT2D eigenvalue weighted by Gasteiger charge is -2.54. The molecule has 19 heavy (non-hydrogen) atoms. The predicted molar refractivity (Wildman–Crippen MR) is 85.0 cm³/mol. The van der Waals surface area contributed by atoms with Crippen LogP contribution in [0.15, 0.2) is 0 Å². The van der Waals surface area contributed by atoms with E-state index in [4.69, 9.17) is 0 Å². The highest BCUT2D eigenvalue weighted by Crippen LogP contribution is 2.59. The number of thioether (sulfide) groups is 1. The Hall–Kier alpha value is -0.0900. The zero-order chi connectivity index (χ0) is 13.1. The summed E-state index contributed by atoms with van der Waals surface area (Å²) in [7, 11) is 0. The van der Waals surface area contributed by atoms with Gasteiger partial charge >= 0.3 is 0 Å².